The summed E-state index contributed by atoms with van der Waals surface area (Å²) in [5.74, 6) is -0.0116. The third-order valence-corrected chi connectivity index (χ3v) is 5.84. The van der Waals surface area contributed by atoms with Gasteiger partial charge < -0.3 is 0 Å². The van der Waals surface area contributed by atoms with E-state index in [1.807, 2.05) is 30.3 Å². The zero-order valence-electron chi connectivity index (χ0n) is 17.3. The molecule has 5 rings (SSSR count). The van der Waals surface area contributed by atoms with E-state index in [-0.39, 0.29) is 17.8 Å². The van der Waals surface area contributed by atoms with Crippen molar-refractivity contribution in [1.82, 2.24) is 10.2 Å². The van der Waals surface area contributed by atoms with Crippen LogP contribution < -0.4 is 4.90 Å². The number of para-hydroxylation sites is 1. The summed E-state index contributed by atoms with van der Waals surface area (Å²) in [6, 6.07) is 23.9. The number of aromatic amines is 1. The highest BCUT2D eigenvalue weighted by atomic mass is 19.1. The van der Waals surface area contributed by atoms with E-state index >= 15 is 0 Å². The summed E-state index contributed by atoms with van der Waals surface area (Å²) in [5, 5.41) is 7.39. The van der Waals surface area contributed by atoms with Crippen LogP contribution in [0, 0.1) is 5.82 Å². The van der Waals surface area contributed by atoms with Gasteiger partial charge in [0, 0.05) is 16.8 Å². The smallest absolute Gasteiger partial charge is 0.277 e. The summed E-state index contributed by atoms with van der Waals surface area (Å²) < 4.78 is 13.5. The molecular weight excluding hydrogens is 389 g/mol. The van der Waals surface area contributed by atoms with Crippen molar-refractivity contribution >= 4 is 11.6 Å². The second-order valence-electron chi connectivity index (χ2n) is 8.10. The minimum atomic E-state index is -0.329. The number of amides is 1. The first-order valence-corrected chi connectivity index (χ1v) is 10.4. The number of rotatable bonds is 4. The van der Waals surface area contributed by atoms with Crippen LogP contribution in [-0.2, 0) is 0 Å². The van der Waals surface area contributed by atoms with Crippen molar-refractivity contribution in [3.63, 3.8) is 0 Å². The van der Waals surface area contributed by atoms with Crippen LogP contribution in [0.25, 0.3) is 11.3 Å². The molecule has 0 saturated carbocycles. The van der Waals surface area contributed by atoms with Crippen LogP contribution in [-0.4, -0.2) is 16.1 Å². The van der Waals surface area contributed by atoms with Crippen molar-refractivity contribution in [2.45, 2.75) is 25.8 Å². The zero-order chi connectivity index (χ0) is 21.5. The van der Waals surface area contributed by atoms with E-state index in [0.717, 1.165) is 22.4 Å². The topological polar surface area (TPSA) is 49.0 Å². The van der Waals surface area contributed by atoms with Crippen LogP contribution >= 0.6 is 0 Å². The average molecular weight is 411 g/mol. The molecule has 0 saturated heterocycles. The fourth-order valence-corrected chi connectivity index (χ4v) is 4.21. The van der Waals surface area contributed by atoms with E-state index in [0.29, 0.717) is 17.3 Å². The van der Waals surface area contributed by atoms with Crippen molar-refractivity contribution in [2.24, 2.45) is 0 Å². The van der Waals surface area contributed by atoms with Gasteiger partial charge in [-0.05, 0) is 53.4 Å². The van der Waals surface area contributed by atoms with E-state index in [2.05, 4.69) is 48.3 Å². The maximum atomic E-state index is 13.5. The molecule has 3 aromatic carbocycles. The van der Waals surface area contributed by atoms with Gasteiger partial charge in [-0.1, -0.05) is 56.3 Å². The third kappa shape index (κ3) is 3.22. The molecule has 1 aliphatic rings. The Labute approximate surface area is 180 Å². The van der Waals surface area contributed by atoms with Gasteiger partial charge in [0.2, 0.25) is 0 Å². The van der Waals surface area contributed by atoms with Gasteiger partial charge in [-0.3, -0.25) is 14.8 Å². The second kappa shape index (κ2) is 7.51. The van der Waals surface area contributed by atoms with Crippen LogP contribution in [0.1, 0.15) is 53.0 Å². The molecule has 4 aromatic rings. The van der Waals surface area contributed by atoms with Crippen molar-refractivity contribution < 1.29 is 9.18 Å². The van der Waals surface area contributed by atoms with E-state index < -0.39 is 0 Å². The highest BCUT2D eigenvalue weighted by Gasteiger charge is 2.43. The highest BCUT2D eigenvalue weighted by Crippen LogP contribution is 2.45. The van der Waals surface area contributed by atoms with E-state index in [4.69, 9.17) is 0 Å². The number of carbonyl (C=O) groups is 1. The quantitative estimate of drug-likeness (QED) is 0.442. The first-order chi connectivity index (χ1) is 15.0. The van der Waals surface area contributed by atoms with Gasteiger partial charge in [0.1, 0.15) is 11.5 Å². The molecule has 31 heavy (non-hydrogen) atoms. The molecule has 2 heterocycles. The number of halogens is 1. The predicted octanol–water partition coefficient (Wildman–Crippen LogP) is 6.09. The van der Waals surface area contributed by atoms with Crippen LogP contribution in [0.5, 0.6) is 0 Å². The lowest BCUT2D eigenvalue weighted by molar-refractivity contribution is 0.0989. The second-order valence-corrected chi connectivity index (χ2v) is 8.10. The summed E-state index contributed by atoms with van der Waals surface area (Å²) in [7, 11) is 0. The van der Waals surface area contributed by atoms with Crippen molar-refractivity contribution in [1.29, 1.82) is 0 Å². The number of carbonyl (C=O) groups excluding carboxylic acids is 1. The Kier molecular flexibility index (Phi) is 4.66. The minimum absolute atomic E-state index is 0.125. The van der Waals surface area contributed by atoms with Crippen LogP contribution in [0.2, 0.25) is 0 Å². The summed E-state index contributed by atoms with van der Waals surface area (Å²) in [6.07, 6.45) is 0. The van der Waals surface area contributed by atoms with Crippen molar-refractivity contribution in [3.8, 4) is 11.3 Å². The average Bonchev–Trinajstić information content (AvgIpc) is 3.34. The fraction of sp³-hybridized carbons (Fsp3) is 0.154. The monoisotopic (exact) mass is 411 g/mol. The Morgan fingerprint density at radius 2 is 1.61 bits per heavy atom. The lowest BCUT2D eigenvalue weighted by Gasteiger charge is -2.26. The minimum Gasteiger partial charge on any atom is -0.295 e. The lowest BCUT2D eigenvalue weighted by Crippen LogP contribution is -2.29. The standard InChI is InChI=1S/C26H22FN3O/c1-16(2)17-8-10-19(11-9-17)25-22-23(18-12-14-20(27)15-13-18)28-29-24(22)26(31)30(25)21-6-4-3-5-7-21/h3-16,25H,1-2H3,(H,28,29)/t25-/m1/s1. The Balaban J connectivity index is 1.69. The molecule has 1 N–H and O–H groups in total. The van der Waals surface area contributed by atoms with Gasteiger partial charge in [-0.2, -0.15) is 5.10 Å². The normalized spacial score (nSPS) is 15.5. The maximum Gasteiger partial charge on any atom is 0.277 e. The number of hydrogen-bond acceptors (Lipinski definition) is 2. The number of nitrogens with zero attached hydrogens (tertiary/aromatic N) is 2. The molecule has 1 aliphatic heterocycles. The Bertz CT molecular complexity index is 1230. The zero-order valence-corrected chi connectivity index (χ0v) is 17.3. The highest BCUT2D eigenvalue weighted by molar-refractivity contribution is 6.11. The molecule has 0 aliphatic carbocycles. The summed E-state index contributed by atoms with van der Waals surface area (Å²) >= 11 is 0. The Morgan fingerprint density at radius 1 is 0.935 bits per heavy atom. The van der Waals surface area contributed by atoms with Gasteiger partial charge >= 0.3 is 0 Å². The first kappa shape index (κ1) is 19.2. The molecule has 5 heteroatoms. The van der Waals surface area contributed by atoms with Gasteiger partial charge in [-0.15, -0.1) is 0 Å². The summed E-state index contributed by atoms with van der Waals surface area (Å²) in [6.45, 7) is 4.32. The first-order valence-electron chi connectivity index (χ1n) is 10.4. The number of H-pyrrole nitrogens is 1. The van der Waals surface area contributed by atoms with Gasteiger partial charge in [-0.25, -0.2) is 4.39 Å². The number of hydrogen-bond donors (Lipinski definition) is 1. The van der Waals surface area contributed by atoms with Crippen molar-refractivity contribution in [3.05, 3.63) is 107 Å². The molecule has 1 aromatic heterocycles. The lowest BCUT2D eigenvalue weighted by atomic mass is 9.93. The fourth-order valence-electron chi connectivity index (χ4n) is 4.21. The molecule has 0 unspecified atom stereocenters. The van der Waals surface area contributed by atoms with Crippen LogP contribution in [0.3, 0.4) is 0 Å². The predicted molar refractivity (Wildman–Crippen MR) is 120 cm³/mol. The number of nitrogens with one attached hydrogen (secondary N) is 1. The molecule has 4 nitrogen and oxygen atoms in total. The molecule has 0 radical (unpaired) electrons. The Morgan fingerprint density at radius 3 is 2.26 bits per heavy atom. The van der Waals surface area contributed by atoms with Gasteiger partial charge in [0.05, 0.1) is 11.7 Å². The number of fused-ring (bicyclic) bond motifs is 1. The SMILES string of the molecule is CC(C)c1ccc([C@@H]2c3c(-c4ccc(F)cc4)n[nH]c3C(=O)N2c2ccccc2)cc1. The molecular formula is C26H22FN3O. The number of benzene rings is 3. The molecule has 0 bridgehead atoms. The summed E-state index contributed by atoms with van der Waals surface area (Å²) in [4.78, 5) is 15.3. The molecule has 0 spiro atoms. The molecule has 1 amide bonds. The molecule has 154 valence electrons. The van der Waals surface area contributed by atoms with E-state index in [9.17, 15) is 9.18 Å². The number of anilines is 1. The molecule has 0 fully saturated rings. The summed E-state index contributed by atoms with van der Waals surface area (Å²) in [5.41, 5.74) is 5.79. The van der Waals surface area contributed by atoms with E-state index in [1.54, 1.807) is 17.0 Å². The van der Waals surface area contributed by atoms with Crippen LogP contribution in [0.4, 0.5) is 10.1 Å². The largest absolute Gasteiger partial charge is 0.295 e. The van der Waals surface area contributed by atoms with Crippen molar-refractivity contribution in [2.75, 3.05) is 4.90 Å². The number of aromatic nitrogens is 2. The van der Waals surface area contributed by atoms with E-state index in [1.165, 1.54) is 17.7 Å². The van der Waals surface area contributed by atoms with Crippen LogP contribution in [0.15, 0.2) is 78.9 Å². The molecule has 1 atom stereocenters. The Hall–Kier alpha value is -3.73. The maximum absolute atomic E-state index is 13.5. The van der Waals surface area contributed by atoms with Gasteiger partial charge in [0.15, 0.2) is 0 Å². The third-order valence-electron chi connectivity index (χ3n) is 5.84. The van der Waals surface area contributed by atoms with Gasteiger partial charge in [0.25, 0.3) is 5.91 Å².